The lowest BCUT2D eigenvalue weighted by Crippen LogP contribution is -2.47. The van der Waals surface area contributed by atoms with E-state index in [1.165, 1.54) is 0 Å². The maximum Gasteiger partial charge on any atom is 0.321 e. The van der Waals surface area contributed by atoms with Gasteiger partial charge >= 0.3 is 17.9 Å². The van der Waals surface area contributed by atoms with Crippen LogP contribution in [0.3, 0.4) is 0 Å². The Labute approximate surface area is 84.7 Å². The Hall–Kier alpha value is -1.67. The van der Waals surface area contributed by atoms with E-state index in [-0.39, 0.29) is 6.54 Å². The lowest BCUT2D eigenvalue weighted by molar-refractivity contribution is -0.146. The molecule has 0 aromatic heterocycles. The van der Waals surface area contributed by atoms with Gasteiger partial charge in [0, 0.05) is 6.54 Å². The van der Waals surface area contributed by atoms with Gasteiger partial charge in [0.1, 0.15) is 12.1 Å². The minimum atomic E-state index is -1.37. The molecule has 0 fully saturated rings. The number of aliphatic carboxylic acids is 3. The summed E-state index contributed by atoms with van der Waals surface area (Å²) in [5.74, 6) is -3.95. The van der Waals surface area contributed by atoms with Crippen molar-refractivity contribution in [3.8, 4) is 0 Å². The van der Waals surface area contributed by atoms with Gasteiger partial charge < -0.3 is 26.4 Å². The molecule has 8 nitrogen and oxygen atoms in total. The van der Waals surface area contributed by atoms with Crippen LogP contribution in [0.5, 0.6) is 0 Å². The molecule has 0 aromatic carbocycles. The molecule has 0 aliphatic rings. The largest absolute Gasteiger partial charge is 0.481 e. The fourth-order valence-corrected chi connectivity index (χ4v) is 0.778. The third-order valence-corrected chi connectivity index (χ3v) is 1.58. The number of nitrogens with two attached hydrogens (primary N) is 1. The van der Waals surface area contributed by atoms with Crippen LogP contribution in [0, 0.1) is 0 Å². The van der Waals surface area contributed by atoms with Crippen molar-refractivity contribution in [1.29, 1.82) is 0 Å². The third-order valence-electron chi connectivity index (χ3n) is 1.58. The van der Waals surface area contributed by atoms with Gasteiger partial charge in [-0.3, -0.25) is 14.4 Å². The monoisotopic (exact) mass is 220 g/mol. The zero-order valence-electron chi connectivity index (χ0n) is 7.71. The average Bonchev–Trinajstić information content (AvgIpc) is 2.10. The summed E-state index contributed by atoms with van der Waals surface area (Å²) in [5.41, 5.74) is 5.09. The van der Waals surface area contributed by atoms with Gasteiger partial charge in [-0.2, -0.15) is 0 Å². The molecule has 0 aliphatic heterocycles. The van der Waals surface area contributed by atoms with Gasteiger partial charge in [-0.25, -0.2) is 0 Å². The molecule has 6 N–H and O–H groups in total. The molecule has 1 unspecified atom stereocenters. The van der Waals surface area contributed by atoms with E-state index in [0.29, 0.717) is 0 Å². The molecule has 0 spiro atoms. The fourth-order valence-electron chi connectivity index (χ4n) is 0.778. The number of hydrogen-bond donors (Lipinski definition) is 5. The molecule has 15 heavy (non-hydrogen) atoms. The molecule has 0 amide bonds. The lowest BCUT2D eigenvalue weighted by atomic mass is 10.2. The maximum absolute atomic E-state index is 10.5. The first-order valence-corrected chi connectivity index (χ1v) is 4.01. The number of carboxylic acids is 3. The van der Waals surface area contributed by atoms with E-state index >= 15 is 0 Å². The second-order valence-electron chi connectivity index (χ2n) is 2.84. The zero-order valence-corrected chi connectivity index (χ0v) is 7.71. The summed E-state index contributed by atoms with van der Waals surface area (Å²) in [5, 5.41) is 27.5. The van der Waals surface area contributed by atoms with Crippen LogP contribution in [0.4, 0.5) is 0 Å². The molecule has 0 aliphatic carbocycles. The van der Waals surface area contributed by atoms with Gasteiger partial charge in [0.15, 0.2) is 0 Å². The summed E-state index contributed by atoms with van der Waals surface area (Å²) in [6.07, 6.45) is -0.637. The Balaban J connectivity index is 4.13. The fraction of sp³-hybridized carbons (Fsp3) is 0.571. The minimum absolute atomic E-state index is 0.306. The number of nitrogens with one attached hydrogen (secondary N) is 1. The highest BCUT2D eigenvalue weighted by Crippen LogP contribution is 1.92. The highest BCUT2D eigenvalue weighted by molar-refractivity contribution is 5.80. The number of hydrogen-bond acceptors (Lipinski definition) is 5. The quantitative estimate of drug-likeness (QED) is 0.328. The Kier molecular flexibility index (Phi) is 5.27. The highest BCUT2D eigenvalue weighted by Gasteiger charge is 2.22. The smallest absolute Gasteiger partial charge is 0.321 e. The van der Waals surface area contributed by atoms with Crippen molar-refractivity contribution in [2.24, 2.45) is 5.73 Å². The van der Waals surface area contributed by atoms with E-state index < -0.39 is 36.4 Å². The molecule has 0 saturated carbocycles. The van der Waals surface area contributed by atoms with Crippen LogP contribution in [0.2, 0.25) is 0 Å². The van der Waals surface area contributed by atoms with Gasteiger partial charge in [0.05, 0.1) is 6.42 Å². The van der Waals surface area contributed by atoms with Crippen LogP contribution >= 0.6 is 0 Å². The second-order valence-corrected chi connectivity index (χ2v) is 2.84. The van der Waals surface area contributed by atoms with Gasteiger partial charge in [-0.15, -0.1) is 0 Å². The molecule has 86 valence electrons. The first kappa shape index (κ1) is 13.3. The van der Waals surface area contributed by atoms with E-state index in [1.807, 2.05) is 0 Å². The van der Waals surface area contributed by atoms with Crippen LogP contribution in [0.1, 0.15) is 6.42 Å². The zero-order chi connectivity index (χ0) is 12.0. The molecule has 8 heteroatoms. The van der Waals surface area contributed by atoms with Crippen LogP contribution in [0.15, 0.2) is 0 Å². The SMILES string of the molecule is NC(CN[C@@H](CC(=O)O)C(=O)O)C(=O)O. The van der Waals surface area contributed by atoms with Gasteiger partial charge in [0.25, 0.3) is 0 Å². The number of carbonyl (C=O) groups is 3. The van der Waals surface area contributed by atoms with Crippen LogP contribution in [0.25, 0.3) is 0 Å². The molecule has 0 rings (SSSR count). The topological polar surface area (TPSA) is 150 Å². The van der Waals surface area contributed by atoms with Crippen molar-refractivity contribution in [2.45, 2.75) is 18.5 Å². The summed E-state index contributed by atoms with van der Waals surface area (Å²) in [4.78, 5) is 31.0. The average molecular weight is 220 g/mol. The summed E-state index contributed by atoms with van der Waals surface area (Å²) < 4.78 is 0. The Morgan fingerprint density at radius 2 is 1.67 bits per heavy atom. The van der Waals surface area contributed by atoms with Crippen molar-refractivity contribution in [3.63, 3.8) is 0 Å². The Morgan fingerprint density at radius 3 is 2.00 bits per heavy atom. The Bertz CT molecular complexity index is 266. The lowest BCUT2D eigenvalue weighted by Gasteiger charge is -2.13. The normalized spacial score (nSPS) is 14.2. The summed E-state index contributed by atoms with van der Waals surface area (Å²) in [6.45, 7) is -0.306. The first-order chi connectivity index (χ1) is 6.84. The number of carboxylic acid groups (broad SMARTS) is 3. The van der Waals surface area contributed by atoms with Gasteiger partial charge in [-0.1, -0.05) is 0 Å². The molecular weight excluding hydrogens is 208 g/mol. The minimum Gasteiger partial charge on any atom is -0.481 e. The molecule has 0 aromatic rings. The van der Waals surface area contributed by atoms with E-state index in [2.05, 4.69) is 5.32 Å². The molecule has 0 saturated heterocycles. The van der Waals surface area contributed by atoms with Crippen molar-refractivity contribution in [2.75, 3.05) is 6.54 Å². The van der Waals surface area contributed by atoms with Crippen molar-refractivity contribution in [3.05, 3.63) is 0 Å². The molecule has 2 atom stereocenters. The third kappa shape index (κ3) is 5.60. The van der Waals surface area contributed by atoms with Crippen molar-refractivity contribution >= 4 is 17.9 Å². The van der Waals surface area contributed by atoms with Gasteiger partial charge in [-0.05, 0) is 0 Å². The van der Waals surface area contributed by atoms with E-state index in [1.54, 1.807) is 0 Å². The predicted octanol–water partition coefficient (Wildman–Crippen LogP) is -2.08. The van der Waals surface area contributed by atoms with E-state index in [4.69, 9.17) is 21.1 Å². The summed E-state index contributed by atoms with van der Waals surface area (Å²) in [6, 6.07) is -2.60. The summed E-state index contributed by atoms with van der Waals surface area (Å²) in [7, 11) is 0. The van der Waals surface area contributed by atoms with Crippen LogP contribution < -0.4 is 11.1 Å². The highest BCUT2D eigenvalue weighted by atomic mass is 16.4. The Morgan fingerprint density at radius 1 is 1.13 bits per heavy atom. The maximum atomic E-state index is 10.5. The van der Waals surface area contributed by atoms with Crippen LogP contribution in [-0.4, -0.2) is 51.9 Å². The predicted molar refractivity (Wildman–Crippen MR) is 47.3 cm³/mol. The first-order valence-electron chi connectivity index (χ1n) is 4.01. The second kappa shape index (κ2) is 5.94. The van der Waals surface area contributed by atoms with Gasteiger partial charge in [0.2, 0.25) is 0 Å². The number of rotatable bonds is 7. The van der Waals surface area contributed by atoms with E-state index in [9.17, 15) is 14.4 Å². The van der Waals surface area contributed by atoms with Crippen molar-refractivity contribution in [1.82, 2.24) is 5.32 Å². The standard InChI is InChI=1S/C7H12N2O6/c8-3(6(12)13)2-9-4(7(14)15)1-5(10)11/h3-4,9H,1-2,8H2,(H,10,11)(H,12,13)(H,14,15)/t3?,4-/m0/s1. The summed E-state index contributed by atoms with van der Waals surface area (Å²) >= 11 is 0. The van der Waals surface area contributed by atoms with Crippen LogP contribution in [-0.2, 0) is 14.4 Å². The molecule has 0 heterocycles. The molecule has 0 radical (unpaired) electrons. The molecular formula is C7H12N2O6. The van der Waals surface area contributed by atoms with Crippen molar-refractivity contribution < 1.29 is 29.7 Å². The van der Waals surface area contributed by atoms with E-state index in [0.717, 1.165) is 0 Å². The molecule has 0 bridgehead atoms.